The van der Waals surface area contributed by atoms with Gasteiger partial charge in [-0.2, -0.15) is 0 Å². The van der Waals surface area contributed by atoms with Gasteiger partial charge in [0.2, 0.25) is 0 Å². The summed E-state index contributed by atoms with van der Waals surface area (Å²) in [7, 11) is 0. The number of fused-ring (bicyclic) bond motifs is 1. The number of aromatic hydroxyl groups is 1. The second-order valence-electron chi connectivity index (χ2n) is 5.91. The molecule has 1 aromatic heterocycles. The molecule has 1 aliphatic heterocycles. The molecule has 0 saturated heterocycles. The van der Waals surface area contributed by atoms with E-state index in [4.69, 9.17) is 4.42 Å². The molecule has 0 atom stereocenters. The van der Waals surface area contributed by atoms with E-state index in [1.54, 1.807) is 17.8 Å². The van der Waals surface area contributed by atoms with Crippen LogP contribution in [0.15, 0.2) is 32.4 Å². The van der Waals surface area contributed by atoms with Gasteiger partial charge < -0.3 is 9.52 Å². The molecule has 1 aliphatic rings. The van der Waals surface area contributed by atoms with E-state index >= 15 is 0 Å². The fraction of sp³-hybridized carbons (Fsp3) is 0.412. The molecule has 2 heterocycles. The lowest BCUT2D eigenvalue weighted by molar-refractivity contribution is 0.447. The van der Waals surface area contributed by atoms with E-state index < -0.39 is 5.63 Å². The Balaban J connectivity index is 2.04. The zero-order chi connectivity index (χ0) is 15.7. The number of thioether (sulfide) groups is 1. The Morgan fingerprint density at radius 2 is 2.23 bits per heavy atom. The largest absolute Gasteiger partial charge is 0.504 e. The van der Waals surface area contributed by atoms with Crippen molar-refractivity contribution >= 4 is 27.8 Å². The Kier molecular flexibility index (Phi) is 4.25. The molecule has 0 aliphatic carbocycles. The molecule has 0 radical (unpaired) electrons. The smallest absolute Gasteiger partial charge is 0.346 e. The second kappa shape index (κ2) is 6.16. The van der Waals surface area contributed by atoms with E-state index in [9.17, 15) is 9.90 Å². The van der Waals surface area contributed by atoms with Crippen LogP contribution in [0.2, 0.25) is 0 Å². The molecule has 5 heteroatoms. The first-order valence-corrected chi connectivity index (χ1v) is 8.51. The highest BCUT2D eigenvalue weighted by atomic mass is 32.2. The fourth-order valence-corrected chi connectivity index (χ4v) is 3.36. The molecule has 0 fully saturated rings. The van der Waals surface area contributed by atoms with E-state index in [0.717, 1.165) is 41.1 Å². The maximum Gasteiger partial charge on any atom is 0.346 e. The van der Waals surface area contributed by atoms with E-state index in [-0.39, 0.29) is 11.3 Å². The molecule has 4 nitrogen and oxygen atoms in total. The van der Waals surface area contributed by atoms with Crippen LogP contribution in [0.4, 0.5) is 0 Å². The predicted molar refractivity (Wildman–Crippen MR) is 91.2 cm³/mol. The Morgan fingerprint density at radius 3 is 2.91 bits per heavy atom. The number of hydrogen-bond donors (Lipinski definition) is 1. The summed E-state index contributed by atoms with van der Waals surface area (Å²) in [6.45, 7) is 5.02. The van der Waals surface area contributed by atoms with Crippen molar-refractivity contribution in [2.45, 2.75) is 26.7 Å². The van der Waals surface area contributed by atoms with Crippen molar-refractivity contribution in [2.24, 2.45) is 10.9 Å². The Bertz CT molecular complexity index is 792. The van der Waals surface area contributed by atoms with Crippen LogP contribution in [-0.4, -0.2) is 22.4 Å². The minimum Gasteiger partial charge on any atom is -0.504 e. The molecule has 3 rings (SSSR count). The maximum absolute atomic E-state index is 12.2. The zero-order valence-electron chi connectivity index (χ0n) is 12.8. The zero-order valence-corrected chi connectivity index (χ0v) is 13.6. The monoisotopic (exact) mass is 317 g/mol. The van der Waals surface area contributed by atoms with Crippen molar-refractivity contribution in [1.82, 2.24) is 0 Å². The summed E-state index contributed by atoms with van der Waals surface area (Å²) in [4.78, 5) is 16.5. The Morgan fingerprint density at radius 1 is 1.41 bits per heavy atom. The summed E-state index contributed by atoms with van der Waals surface area (Å²) in [6, 6.07) is 5.58. The third-order valence-corrected chi connectivity index (χ3v) is 4.78. The van der Waals surface area contributed by atoms with Gasteiger partial charge in [-0.3, -0.25) is 4.99 Å². The van der Waals surface area contributed by atoms with E-state index in [1.807, 2.05) is 12.1 Å². The van der Waals surface area contributed by atoms with Crippen molar-refractivity contribution in [1.29, 1.82) is 0 Å². The van der Waals surface area contributed by atoms with Crippen molar-refractivity contribution in [3.63, 3.8) is 0 Å². The quantitative estimate of drug-likeness (QED) is 0.876. The lowest BCUT2D eigenvalue weighted by Gasteiger charge is -2.09. The number of nitrogens with zero attached hydrogens (tertiary/aromatic N) is 1. The van der Waals surface area contributed by atoms with Crippen LogP contribution in [0.5, 0.6) is 5.75 Å². The first kappa shape index (κ1) is 15.2. The SMILES string of the molecule is CC(C)CCc1ccc2cc(C3=NCCS3)c(=O)oc2c1O. The maximum atomic E-state index is 12.2. The summed E-state index contributed by atoms with van der Waals surface area (Å²) in [6.07, 6.45) is 1.75. The number of rotatable bonds is 4. The second-order valence-corrected chi connectivity index (χ2v) is 6.99. The number of benzene rings is 1. The highest BCUT2D eigenvalue weighted by Crippen LogP contribution is 2.30. The van der Waals surface area contributed by atoms with Crippen molar-refractivity contribution in [3.05, 3.63) is 39.7 Å². The molecule has 0 bridgehead atoms. The van der Waals surface area contributed by atoms with Crippen molar-refractivity contribution < 1.29 is 9.52 Å². The molecule has 1 aromatic carbocycles. The average Bonchev–Trinajstić information content (AvgIpc) is 3.00. The first-order valence-electron chi connectivity index (χ1n) is 7.52. The van der Waals surface area contributed by atoms with Gasteiger partial charge >= 0.3 is 5.63 Å². The lowest BCUT2D eigenvalue weighted by Crippen LogP contribution is -2.11. The van der Waals surface area contributed by atoms with Crippen LogP contribution in [0.3, 0.4) is 0 Å². The number of phenolic OH excluding ortho intramolecular Hbond substituents is 1. The summed E-state index contributed by atoms with van der Waals surface area (Å²) in [5.41, 5.74) is 1.16. The van der Waals surface area contributed by atoms with Crippen LogP contribution in [-0.2, 0) is 6.42 Å². The minimum atomic E-state index is -0.433. The van der Waals surface area contributed by atoms with Crippen molar-refractivity contribution in [2.75, 3.05) is 12.3 Å². The van der Waals surface area contributed by atoms with Gasteiger partial charge in [-0.05, 0) is 30.4 Å². The first-order chi connectivity index (χ1) is 10.6. The highest BCUT2D eigenvalue weighted by molar-refractivity contribution is 8.14. The summed E-state index contributed by atoms with van der Waals surface area (Å²) in [5, 5.41) is 11.8. The number of hydrogen-bond acceptors (Lipinski definition) is 5. The standard InChI is InChI=1S/C17H19NO3S/c1-10(2)3-4-11-5-6-12-9-13(16-18-7-8-22-16)17(20)21-15(12)14(11)19/h5-6,9-10,19H,3-4,7-8H2,1-2H3. The average molecular weight is 317 g/mol. The minimum absolute atomic E-state index is 0.0859. The molecular weight excluding hydrogens is 298 g/mol. The number of phenols is 1. The third-order valence-electron chi connectivity index (χ3n) is 3.77. The van der Waals surface area contributed by atoms with Crippen LogP contribution >= 0.6 is 11.8 Å². The molecule has 22 heavy (non-hydrogen) atoms. The van der Waals surface area contributed by atoms with Crippen molar-refractivity contribution in [3.8, 4) is 5.75 Å². The Labute approximate surface area is 133 Å². The Hall–Kier alpha value is -1.75. The molecule has 0 saturated carbocycles. The summed E-state index contributed by atoms with van der Waals surface area (Å²) >= 11 is 1.56. The number of aryl methyl sites for hydroxylation is 1. The normalized spacial score (nSPS) is 14.8. The van der Waals surface area contributed by atoms with Gasteiger partial charge in [0.15, 0.2) is 11.3 Å². The van der Waals surface area contributed by atoms with Gasteiger partial charge in [0, 0.05) is 17.7 Å². The molecule has 0 amide bonds. The van der Waals surface area contributed by atoms with E-state index in [1.165, 1.54) is 0 Å². The van der Waals surface area contributed by atoms with Gasteiger partial charge in [0.05, 0.1) is 5.56 Å². The molecule has 0 spiro atoms. The lowest BCUT2D eigenvalue weighted by atomic mass is 10.0. The van der Waals surface area contributed by atoms with Crippen LogP contribution in [0.1, 0.15) is 31.4 Å². The highest BCUT2D eigenvalue weighted by Gasteiger charge is 2.18. The number of aliphatic imine (C=N–C) groups is 1. The molecular formula is C17H19NO3S. The van der Waals surface area contributed by atoms with E-state index in [2.05, 4.69) is 18.8 Å². The van der Waals surface area contributed by atoms with Gasteiger partial charge in [-0.25, -0.2) is 4.79 Å². The van der Waals surface area contributed by atoms with Crippen LogP contribution in [0, 0.1) is 5.92 Å². The molecule has 0 unspecified atom stereocenters. The van der Waals surface area contributed by atoms with Gasteiger partial charge in [-0.1, -0.05) is 26.0 Å². The topological polar surface area (TPSA) is 62.8 Å². The summed E-state index contributed by atoms with van der Waals surface area (Å²) < 4.78 is 5.38. The third kappa shape index (κ3) is 2.90. The van der Waals surface area contributed by atoms with Gasteiger partial charge in [0.1, 0.15) is 5.04 Å². The van der Waals surface area contributed by atoms with E-state index in [0.29, 0.717) is 11.5 Å². The van der Waals surface area contributed by atoms with Gasteiger partial charge in [0.25, 0.3) is 0 Å². The molecule has 116 valence electrons. The predicted octanol–water partition coefficient (Wildman–Crippen LogP) is 3.58. The van der Waals surface area contributed by atoms with Gasteiger partial charge in [-0.15, -0.1) is 11.8 Å². The molecule has 1 N–H and O–H groups in total. The fourth-order valence-electron chi connectivity index (χ4n) is 2.50. The molecule has 2 aromatic rings. The van der Waals surface area contributed by atoms with Crippen LogP contribution < -0.4 is 5.63 Å². The van der Waals surface area contributed by atoms with Crippen LogP contribution in [0.25, 0.3) is 11.0 Å². The summed E-state index contributed by atoms with van der Waals surface area (Å²) in [5.74, 6) is 1.54.